The van der Waals surface area contributed by atoms with Crippen molar-refractivity contribution >= 4 is 0 Å². The van der Waals surface area contributed by atoms with Gasteiger partial charge in [0.2, 0.25) is 0 Å². The highest BCUT2D eigenvalue weighted by Gasteiger charge is 2.57. The minimum Gasteiger partial charge on any atom is -0.377 e. The summed E-state index contributed by atoms with van der Waals surface area (Å²) in [4.78, 5) is 8.84. The number of aryl methyl sites for hydroxylation is 2. The quantitative estimate of drug-likeness (QED) is 0.929. The molecule has 0 amide bonds. The van der Waals surface area contributed by atoms with Gasteiger partial charge in [-0.1, -0.05) is 13.8 Å². The molecular weight excluding hydrogens is 262 g/mol. The zero-order valence-electron chi connectivity index (χ0n) is 13.8. The summed E-state index contributed by atoms with van der Waals surface area (Å²) in [5.74, 6) is 1.50. The first-order valence-electron chi connectivity index (χ1n) is 8.09. The molecule has 2 aliphatic rings. The topological polar surface area (TPSA) is 47.0 Å². The number of ether oxygens (including phenoxy) is 1. The molecule has 0 aromatic carbocycles. The van der Waals surface area contributed by atoms with Crippen molar-refractivity contribution in [1.82, 2.24) is 15.3 Å². The number of nitrogens with one attached hydrogen (secondary N) is 1. The van der Waals surface area contributed by atoms with Crippen molar-refractivity contribution in [3.63, 3.8) is 0 Å². The Labute approximate surface area is 127 Å². The highest BCUT2D eigenvalue weighted by atomic mass is 16.5. The van der Waals surface area contributed by atoms with Gasteiger partial charge in [0.15, 0.2) is 0 Å². The second kappa shape index (κ2) is 5.33. The Hall–Kier alpha value is -1.00. The average molecular weight is 289 g/mol. The van der Waals surface area contributed by atoms with Gasteiger partial charge >= 0.3 is 0 Å². The standard InChI is InChI=1S/C17H27N3O/c1-10-14(9-18-12(3)19-10)11(2)20-15-13-7-6-8-21-16(13)17(15,4)5/h9,11,13,15-16,20H,6-8H2,1-5H3. The monoisotopic (exact) mass is 289 g/mol. The zero-order valence-corrected chi connectivity index (χ0v) is 13.8. The summed E-state index contributed by atoms with van der Waals surface area (Å²) in [6.07, 6.45) is 4.86. The summed E-state index contributed by atoms with van der Waals surface area (Å²) in [7, 11) is 0. The number of aromatic nitrogens is 2. The molecule has 21 heavy (non-hydrogen) atoms. The Morgan fingerprint density at radius 1 is 1.38 bits per heavy atom. The van der Waals surface area contributed by atoms with E-state index in [0.29, 0.717) is 18.1 Å². The van der Waals surface area contributed by atoms with Crippen LogP contribution in [0.1, 0.15) is 56.7 Å². The summed E-state index contributed by atoms with van der Waals surface area (Å²) in [5, 5.41) is 3.82. The molecule has 0 bridgehead atoms. The summed E-state index contributed by atoms with van der Waals surface area (Å²) in [6, 6.07) is 0.788. The fourth-order valence-electron chi connectivity index (χ4n) is 4.24. The van der Waals surface area contributed by atoms with Gasteiger partial charge in [-0.3, -0.25) is 0 Å². The highest BCUT2D eigenvalue weighted by Crippen LogP contribution is 2.51. The first-order valence-corrected chi connectivity index (χ1v) is 8.09. The maximum atomic E-state index is 5.98. The van der Waals surface area contributed by atoms with E-state index in [2.05, 4.69) is 43.0 Å². The predicted octanol–water partition coefficient (Wildman–Crippen LogP) is 2.95. The van der Waals surface area contributed by atoms with Crippen LogP contribution in [0.15, 0.2) is 6.20 Å². The van der Waals surface area contributed by atoms with E-state index in [-0.39, 0.29) is 11.5 Å². The van der Waals surface area contributed by atoms with Gasteiger partial charge in [0, 0.05) is 47.5 Å². The summed E-state index contributed by atoms with van der Waals surface area (Å²) in [5.41, 5.74) is 2.49. The van der Waals surface area contributed by atoms with Gasteiger partial charge in [-0.15, -0.1) is 0 Å². The number of rotatable bonds is 3. The second-order valence-electron chi connectivity index (χ2n) is 7.24. The first kappa shape index (κ1) is 14.9. The molecule has 4 atom stereocenters. The highest BCUT2D eigenvalue weighted by molar-refractivity contribution is 5.21. The largest absolute Gasteiger partial charge is 0.377 e. The number of hydrogen-bond acceptors (Lipinski definition) is 4. The van der Waals surface area contributed by atoms with E-state index in [1.807, 2.05) is 13.1 Å². The minimum absolute atomic E-state index is 0.207. The number of nitrogens with zero attached hydrogens (tertiary/aromatic N) is 2. The van der Waals surface area contributed by atoms with Crippen molar-refractivity contribution in [2.75, 3.05) is 6.61 Å². The van der Waals surface area contributed by atoms with Crippen LogP contribution in [0.25, 0.3) is 0 Å². The van der Waals surface area contributed by atoms with Crippen LogP contribution in [0, 0.1) is 25.2 Å². The van der Waals surface area contributed by atoms with E-state index >= 15 is 0 Å². The molecule has 4 nitrogen and oxygen atoms in total. The summed E-state index contributed by atoms with van der Waals surface area (Å²) >= 11 is 0. The molecule has 1 aromatic rings. The molecule has 0 radical (unpaired) electrons. The lowest BCUT2D eigenvalue weighted by molar-refractivity contribution is -0.194. The van der Waals surface area contributed by atoms with Gasteiger partial charge in [-0.05, 0) is 33.6 Å². The third-order valence-corrected chi connectivity index (χ3v) is 5.36. The van der Waals surface area contributed by atoms with Crippen molar-refractivity contribution in [1.29, 1.82) is 0 Å². The van der Waals surface area contributed by atoms with Crippen LogP contribution in [0.2, 0.25) is 0 Å². The lowest BCUT2D eigenvalue weighted by Crippen LogP contribution is -2.69. The Bertz CT molecular complexity index is 529. The van der Waals surface area contributed by atoms with Gasteiger partial charge in [-0.25, -0.2) is 9.97 Å². The van der Waals surface area contributed by atoms with E-state index in [9.17, 15) is 0 Å². The molecular formula is C17H27N3O. The summed E-state index contributed by atoms with van der Waals surface area (Å²) < 4.78 is 5.98. The molecule has 2 fully saturated rings. The number of hydrogen-bond donors (Lipinski definition) is 1. The van der Waals surface area contributed by atoms with Gasteiger partial charge in [-0.2, -0.15) is 0 Å². The zero-order chi connectivity index (χ0) is 15.2. The molecule has 1 aromatic heterocycles. The third-order valence-electron chi connectivity index (χ3n) is 5.36. The van der Waals surface area contributed by atoms with Gasteiger partial charge in [0.25, 0.3) is 0 Å². The van der Waals surface area contributed by atoms with E-state index in [1.54, 1.807) is 0 Å². The maximum absolute atomic E-state index is 5.98. The summed E-state index contributed by atoms with van der Waals surface area (Å²) in [6.45, 7) is 11.8. The molecule has 116 valence electrons. The fraction of sp³-hybridized carbons (Fsp3) is 0.765. The minimum atomic E-state index is 0.207. The van der Waals surface area contributed by atoms with E-state index in [4.69, 9.17) is 4.74 Å². The van der Waals surface area contributed by atoms with Crippen molar-refractivity contribution in [2.45, 2.75) is 65.6 Å². The molecule has 1 aliphatic heterocycles. The van der Waals surface area contributed by atoms with Gasteiger partial charge in [0.05, 0.1) is 6.10 Å². The molecule has 4 unspecified atom stereocenters. The molecule has 4 heteroatoms. The van der Waals surface area contributed by atoms with Crippen LogP contribution in [0.3, 0.4) is 0 Å². The molecule has 0 spiro atoms. The molecule has 2 heterocycles. The van der Waals surface area contributed by atoms with Crippen molar-refractivity contribution in [3.05, 3.63) is 23.3 Å². The van der Waals surface area contributed by atoms with Crippen LogP contribution >= 0.6 is 0 Å². The number of fused-ring (bicyclic) bond motifs is 1. The molecule has 3 rings (SSSR count). The Morgan fingerprint density at radius 2 is 2.14 bits per heavy atom. The molecule has 1 saturated heterocycles. The van der Waals surface area contributed by atoms with Crippen molar-refractivity contribution in [3.8, 4) is 0 Å². The van der Waals surface area contributed by atoms with Crippen molar-refractivity contribution in [2.24, 2.45) is 11.3 Å². The van der Waals surface area contributed by atoms with E-state index < -0.39 is 0 Å². The Balaban J connectivity index is 1.73. The molecule has 1 N–H and O–H groups in total. The van der Waals surface area contributed by atoms with Crippen LogP contribution in [-0.2, 0) is 4.74 Å². The lowest BCUT2D eigenvalue weighted by atomic mass is 9.55. The molecule has 1 saturated carbocycles. The van der Waals surface area contributed by atoms with Crippen LogP contribution in [0.4, 0.5) is 0 Å². The SMILES string of the molecule is Cc1ncc(C(C)NC2C3CCCOC3C2(C)C)c(C)n1. The van der Waals surface area contributed by atoms with Crippen molar-refractivity contribution < 1.29 is 4.74 Å². The molecule has 1 aliphatic carbocycles. The second-order valence-corrected chi connectivity index (χ2v) is 7.24. The third kappa shape index (κ3) is 2.49. The maximum Gasteiger partial charge on any atom is 0.125 e. The Kier molecular flexibility index (Phi) is 3.78. The lowest BCUT2D eigenvalue weighted by Gasteiger charge is -2.60. The van der Waals surface area contributed by atoms with Gasteiger partial charge in [0.1, 0.15) is 5.82 Å². The Morgan fingerprint density at radius 3 is 2.86 bits per heavy atom. The van der Waals surface area contributed by atoms with E-state index in [1.165, 1.54) is 18.4 Å². The smallest absolute Gasteiger partial charge is 0.125 e. The van der Waals surface area contributed by atoms with Gasteiger partial charge < -0.3 is 10.1 Å². The van der Waals surface area contributed by atoms with Crippen LogP contribution in [-0.4, -0.2) is 28.7 Å². The average Bonchev–Trinajstić information content (AvgIpc) is 2.44. The fourth-order valence-corrected chi connectivity index (χ4v) is 4.24. The predicted molar refractivity (Wildman–Crippen MR) is 83.1 cm³/mol. The first-order chi connectivity index (χ1) is 9.91. The van der Waals surface area contributed by atoms with E-state index in [0.717, 1.165) is 18.1 Å². The van der Waals surface area contributed by atoms with Crippen LogP contribution < -0.4 is 5.32 Å². The van der Waals surface area contributed by atoms with Crippen LogP contribution in [0.5, 0.6) is 0 Å². The normalized spacial score (nSPS) is 32.1.